The summed E-state index contributed by atoms with van der Waals surface area (Å²) in [6.45, 7) is 7.60. The number of rotatable bonds is 14. The van der Waals surface area contributed by atoms with Gasteiger partial charge in [-0.2, -0.15) is 0 Å². The van der Waals surface area contributed by atoms with Gasteiger partial charge in [-0.1, -0.05) is 50.1 Å². The van der Waals surface area contributed by atoms with Crippen LogP contribution in [0.25, 0.3) is 0 Å². The van der Waals surface area contributed by atoms with E-state index in [0.717, 1.165) is 31.2 Å². The van der Waals surface area contributed by atoms with Crippen LogP contribution in [0.4, 0.5) is 11.4 Å². The highest BCUT2D eigenvalue weighted by atomic mass is 32.2. The van der Waals surface area contributed by atoms with E-state index in [9.17, 15) is 18.3 Å². The molecule has 0 saturated carbocycles. The summed E-state index contributed by atoms with van der Waals surface area (Å²) in [4.78, 5) is 13.5. The first kappa shape index (κ1) is 29.9. The number of carbonyl (C=O) groups is 1. The Morgan fingerprint density at radius 2 is 1.87 bits per heavy atom. The largest absolute Gasteiger partial charge is 0.390 e. The molecule has 1 aliphatic rings. The maximum absolute atomic E-state index is 13.5. The third-order valence-electron chi connectivity index (χ3n) is 6.94. The van der Waals surface area contributed by atoms with Crippen LogP contribution in [0.15, 0.2) is 48.5 Å². The van der Waals surface area contributed by atoms with Gasteiger partial charge in [0.05, 0.1) is 23.6 Å². The maximum atomic E-state index is 13.5. The summed E-state index contributed by atoms with van der Waals surface area (Å²) < 4.78 is 26.9. The number of anilines is 2. The van der Waals surface area contributed by atoms with E-state index < -0.39 is 22.2 Å². The summed E-state index contributed by atoms with van der Waals surface area (Å²) in [5.74, 6) is -0.242. The van der Waals surface area contributed by atoms with Gasteiger partial charge in [0.15, 0.2) is 0 Å². The molecule has 1 saturated heterocycles. The molecule has 0 radical (unpaired) electrons. The molecule has 3 atom stereocenters. The molecule has 0 aliphatic carbocycles. The quantitative estimate of drug-likeness (QED) is 0.287. The van der Waals surface area contributed by atoms with Gasteiger partial charge in [-0.3, -0.25) is 9.10 Å². The highest BCUT2D eigenvalue weighted by Crippen LogP contribution is 2.28. The minimum atomic E-state index is -3.42. The van der Waals surface area contributed by atoms with Crippen LogP contribution in [0.1, 0.15) is 68.8 Å². The Labute approximate surface area is 228 Å². The molecule has 1 aliphatic heterocycles. The van der Waals surface area contributed by atoms with E-state index in [2.05, 4.69) is 29.8 Å². The van der Waals surface area contributed by atoms with E-state index in [1.807, 2.05) is 37.3 Å². The van der Waals surface area contributed by atoms with Gasteiger partial charge in [0.2, 0.25) is 10.0 Å². The predicted octanol–water partition coefficient (Wildman–Crippen LogP) is 3.92. The number of amides is 1. The smallest absolute Gasteiger partial charge is 0.251 e. The fourth-order valence-electron chi connectivity index (χ4n) is 4.75. The van der Waals surface area contributed by atoms with Crippen LogP contribution in [0.5, 0.6) is 0 Å². The lowest BCUT2D eigenvalue weighted by Crippen LogP contribution is -2.49. The monoisotopic (exact) mass is 544 g/mol. The van der Waals surface area contributed by atoms with Gasteiger partial charge < -0.3 is 21.1 Å². The third-order valence-corrected chi connectivity index (χ3v) is 8.81. The molecule has 2 aromatic rings. The van der Waals surface area contributed by atoms with Crippen molar-refractivity contribution >= 4 is 27.3 Å². The van der Waals surface area contributed by atoms with Crippen molar-refractivity contribution in [1.29, 1.82) is 0 Å². The minimum absolute atomic E-state index is 0.106. The fourth-order valence-corrected chi connectivity index (χ4v) is 6.37. The third kappa shape index (κ3) is 8.71. The lowest BCUT2D eigenvalue weighted by Gasteiger charge is -2.29. The number of unbranched alkanes of at least 4 members (excludes halogenated alkanes) is 1. The molecule has 38 heavy (non-hydrogen) atoms. The van der Waals surface area contributed by atoms with E-state index >= 15 is 0 Å². The van der Waals surface area contributed by atoms with Crippen molar-refractivity contribution in [3.05, 3.63) is 59.7 Å². The molecular weight excluding hydrogens is 500 g/mol. The van der Waals surface area contributed by atoms with E-state index in [-0.39, 0.29) is 17.7 Å². The lowest BCUT2D eigenvalue weighted by molar-refractivity contribution is 0.0825. The minimum Gasteiger partial charge on any atom is -0.390 e. The SMILES string of the molecule is CCCCC(C)NC[C@@H](O)[C@H](Cc1ccccc1)NC(=O)c1cc(NCC)cc(N2CCCCS2(=O)=O)c1. The van der Waals surface area contributed by atoms with Crippen LogP contribution >= 0.6 is 0 Å². The Kier molecular flexibility index (Phi) is 11.4. The Balaban J connectivity index is 1.83. The number of nitrogens with zero attached hydrogens (tertiary/aromatic N) is 1. The van der Waals surface area contributed by atoms with Crippen LogP contribution in [0.3, 0.4) is 0 Å². The average Bonchev–Trinajstić information content (AvgIpc) is 2.90. The second-order valence-corrected chi connectivity index (χ2v) is 12.2. The molecule has 2 aromatic carbocycles. The molecule has 3 rings (SSSR count). The van der Waals surface area contributed by atoms with Crippen molar-refractivity contribution in [2.24, 2.45) is 0 Å². The number of hydrogen-bond acceptors (Lipinski definition) is 6. The van der Waals surface area contributed by atoms with Gasteiger partial charge in [0.25, 0.3) is 5.91 Å². The summed E-state index contributed by atoms with van der Waals surface area (Å²) in [6, 6.07) is 14.7. The van der Waals surface area contributed by atoms with Crippen molar-refractivity contribution in [2.45, 2.75) is 77.5 Å². The lowest BCUT2D eigenvalue weighted by atomic mass is 10.00. The second-order valence-electron chi connectivity index (χ2n) is 10.2. The van der Waals surface area contributed by atoms with Crippen LogP contribution in [0.2, 0.25) is 0 Å². The number of aliphatic hydroxyl groups excluding tert-OH is 1. The van der Waals surface area contributed by atoms with E-state index in [1.54, 1.807) is 18.2 Å². The number of nitrogens with one attached hydrogen (secondary N) is 3. The van der Waals surface area contributed by atoms with Gasteiger partial charge in [0.1, 0.15) is 0 Å². The first-order chi connectivity index (χ1) is 18.2. The van der Waals surface area contributed by atoms with Gasteiger partial charge in [-0.15, -0.1) is 0 Å². The van der Waals surface area contributed by atoms with Crippen LogP contribution in [-0.4, -0.2) is 63.0 Å². The number of carbonyl (C=O) groups excluding carboxylic acids is 1. The Morgan fingerprint density at radius 1 is 1.11 bits per heavy atom. The highest BCUT2D eigenvalue weighted by Gasteiger charge is 2.28. The summed E-state index contributed by atoms with van der Waals surface area (Å²) >= 11 is 0. The van der Waals surface area contributed by atoms with Crippen LogP contribution in [0, 0.1) is 0 Å². The number of hydrogen-bond donors (Lipinski definition) is 4. The summed E-state index contributed by atoms with van der Waals surface area (Å²) in [7, 11) is -3.42. The van der Waals surface area contributed by atoms with Crippen molar-refractivity contribution in [3.8, 4) is 0 Å². The average molecular weight is 545 g/mol. The molecule has 1 fully saturated rings. The molecule has 1 amide bonds. The molecular formula is C29H44N4O4S. The second kappa shape index (κ2) is 14.5. The Bertz CT molecular complexity index is 1130. The molecule has 8 nitrogen and oxygen atoms in total. The molecule has 210 valence electrons. The topological polar surface area (TPSA) is 111 Å². The molecule has 1 heterocycles. The van der Waals surface area contributed by atoms with Gasteiger partial charge in [-0.25, -0.2) is 8.42 Å². The predicted molar refractivity (Wildman–Crippen MR) is 155 cm³/mol. The van der Waals surface area contributed by atoms with Gasteiger partial charge >= 0.3 is 0 Å². The molecule has 0 bridgehead atoms. The maximum Gasteiger partial charge on any atom is 0.251 e. The normalized spacial score (nSPS) is 17.4. The number of sulfonamides is 1. The Hall–Kier alpha value is -2.62. The first-order valence-corrected chi connectivity index (χ1v) is 15.5. The van der Waals surface area contributed by atoms with Crippen molar-refractivity contribution < 1.29 is 18.3 Å². The number of benzene rings is 2. The molecule has 0 aromatic heterocycles. The summed E-state index contributed by atoms with van der Waals surface area (Å²) in [5, 5.41) is 20.8. The van der Waals surface area contributed by atoms with Crippen molar-refractivity contribution in [2.75, 3.05) is 35.0 Å². The van der Waals surface area contributed by atoms with Gasteiger partial charge in [0, 0.05) is 36.9 Å². The molecule has 0 spiro atoms. The Morgan fingerprint density at radius 3 is 2.55 bits per heavy atom. The number of aliphatic hydroxyl groups is 1. The summed E-state index contributed by atoms with van der Waals surface area (Å²) in [5.41, 5.74) is 2.54. The fraction of sp³-hybridized carbons (Fsp3) is 0.552. The highest BCUT2D eigenvalue weighted by molar-refractivity contribution is 7.92. The molecule has 9 heteroatoms. The van der Waals surface area contributed by atoms with Crippen molar-refractivity contribution in [1.82, 2.24) is 10.6 Å². The van der Waals surface area contributed by atoms with Crippen molar-refractivity contribution in [3.63, 3.8) is 0 Å². The van der Waals surface area contributed by atoms with E-state index in [1.165, 1.54) is 4.31 Å². The van der Waals surface area contributed by atoms with E-state index in [4.69, 9.17) is 0 Å². The molecule has 1 unspecified atom stereocenters. The zero-order valence-electron chi connectivity index (χ0n) is 22.9. The van der Waals surface area contributed by atoms with Crippen LogP contribution < -0.4 is 20.3 Å². The van der Waals surface area contributed by atoms with E-state index in [0.29, 0.717) is 49.4 Å². The zero-order valence-corrected chi connectivity index (χ0v) is 23.8. The zero-order chi connectivity index (χ0) is 27.5. The van der Waals surface area contributed by atoms with Gasteiger partial charge in [-0.05, 0) is 63.3 Å². The van der Waals surface area contributed by atoms with Crippen LogP contribution in [-0.2, 0) is 16.4 Å². The molecule has 4 N–H and O–H groups in total. The summed E-state index contributed by atoms with van der Waals surface area (Å²) in [6.07, 6.45) is 4.35. The standard InChI is InChI=1S/C29H44N4O4S/c1-4-6-12-22(3)31-21-28(34)27(17-23-13-8-7-9-14-23)32-29(35)24-18-25(30-5-2)20-26(19-24)33-15-10-11-16-38(33,36)37/h7-9,13-14,18-20,22,27-28,30-31,34H,4-6,10-12,15-17,21H2,1-3H3,(H,32,35)/t22?,27-,28+/m0/s1. The first-order valence-electron chi connectivity index (χ1n) is 13.9.